The van der Waals surface area contributed by atoms with E-state index in [1.807, 2.05) is 13.8 Å². The molecule has 1 atom stereocenters. The molecule has 0 aliphatic rings. The second-order valence-corrected chi connectivity index (χ2v) is 3.75. The van der Waals surface area contributed by atoms with Crippen LogP contribution in [0.5, 0.6) is 0 Å². The summed E-state index contributed by atoms with van der Waals surface area (Å²) in [7, 11) is 0. The summed E-state index contributed by atoms with van der Waals surface area (Å²) in [5.41, 5.74) is 0. The molecule has 0 aliphatic heterocycles. The van der Waals surface area contributed by atoms with Crippen LogP contribution in [0.1, 0.15) is 20.8 Å². The van der Waals surface area contributed by atoms with E-state index in [1.165, 1.54) is 0 Å². The number of halogens is 1. The van der Waals surface area contributed by atoms with Gasteiger partial charge in [-0.15, -0.1) is 0 Å². The maximum atomic E-state index is 12.5. The third-order valence-corrected chi connectivity index (χ3v) is 1.79. The highest BCUT2D eigenvalue weighted by Crippen LogP contribution is 2.00. The third kappa shape index (κ3) is 3.80. The van der Waals surface area contributed by atoms with Gasteiger partial charge in [0.05, 0.1) is 12.4 Å². The first kappa shape index (κ1) is 12.4. The number of carbonyl (C=O) groups is 1. The van der Waals surface area contributed by atoms with E-state index in [2.05, 4.69) is 20.6 Å². The zero-order valence-electron chi connectivity index (χ0n) is 9.49. The topological polar surface area (TPSA) is 66.9 Å². The van der Waals surface area contributed by atoms with Crippen LogP contribution >= 0.6 is 0 Å². The number of nitrogens with zero attached hydrogens (tertiary/aromatic N) is 2. The van der Waals surface area contributed by atoms with Gasteiger partial charge in [-0.05, 0) is 20.8 Å². The van der Waals surface area contributed by atoms with Crippen molar-refractivity contribution in [3.8, 4) is 0 Å². The molecule has 1 aromatic heterocycles. The SMILES string of the molecule is CC(C)NC(=O)C(C)Nc1ncc(F)cn1. The van der Waals surface area contributed by atoms with Gasteiger partial charge in [0.25, 0.3) is 0 Å². The first-order chi connectivity index (χ1) is 7.49. The standard InChI is InChI=1S/C10H15FN4O/c1-6(2)14-9(16)7(3)15-10-12-4-8(11)5-13-10/h4-7H,1-3H3,(H,14,16)(H,12,13,15). The van der Waals surface area contributed by atoms with Crippen molar-refractivity contribution in [2.24, 2.45) is 0 Å². The number of rotatable bonds is 4. The molecule has 1 amide bonds. The number of amides is 1. The molecule has 0 saturated heterocycles. The molecule has 88 valence electrons. The van der Waals surface area contributed by atoms with Crippen molar-refractivity contribution in [2.75, 3.05) is 5.32 Å². The molecule has 1 unspecified atom stereocenters. The van der Waals surface area contributed by atoms with Gasteiger partial charge in [0, 0.05) is 6.04 Å². The molecule has 0 fully saturated rings. The minimum absolute atomic E-state index is 0.0749. The number of hydrogen-bond acceptors (Lipinski definition) is 4. The van der Waals surface area contributed by atoms with Gasteiger partial charge < -0.3 is 10.6 Å². The number of hydrogen-bond donors (Lipinski definition) is 2. The van der Waals surface area contributed by atoms with E-state index in [9.17, 15) is 9.18 Å². The largest absolute Gasteiger partial charge is 0.352 e. The Hall–Kier alpha value is -1.72. The Morgan fingerprint density at radius 2 is 1.88 bits per heavy atom. The molecule has 16 heavy (non-hydrogen) atoms. The number of nitrogens with one attached hydrogen (secondary N) is 2. The summed E-state index contributed by atoms with van der Waals surface area (Å²) in [6.07, 6.45) is 2.09. The van der Waals surface area contributed by atoms with Crippen molar-refractivity contribution in [1.82, 2.24) is 15.3 Å². The van der Waals surface area contributed by atoms with Crippen molar-refractivity contribution in [1.29, 1.82) is 0 Å². The summed E-state index contributed by atoms with van der Waals surface area (Å²) >= 11 is 0. The van der Waals surface area contributed by atoms with E-state index in [0.717, 1.165) is 12.4 Å². The molecular weight excluding hydrogens is 211 g/mol. The summed E-state index contributed by atoms with van der Waals surface area (Å²) in [5, 5.41) is 5.52. The highest BCUT2D eigenvalue weighted by atomic mass is 19.1. The van der Waals surface area contributed by atoms with Gasteiger partial charge in [0.1, 0.15) is 6.04 Å². The summed E-state index contributed by atoms with van der Waals surface area (Å²) in [4.78, 5) is 18.9. The van der Waals surface area contributed by atoms with E-state index >= 15 is 0 Å². The lowest BCUT2D eigenvalue weighted by Gasteiger charge is -2.15. The summed E-state index contributed by atoms with van der Waals surface area (Å²) < 4.78 is 12.5. The Morgan fingerprint density at radius 3 is 2.38 bits per heavy atom. The van der Waals surface area contributed by atoms with Gasteiger partial charge in [0.15, 0.2) is 5.82 Å². The first-order valence-electron chi connectivity index (χ1n) is 5.03. The van der Waals surface area contributed by atoms with Gasteiger partial charge in [-0.3, -0.25) is 4.79 Å². The monoisotopic (exact) mass is 226 g/mol. The van der Waals surface area contributed by atoms with Gasteiger partial charge in [-0.1, -0.05) is 0 Å². The molecule has 1 aromatic rings. The van der Waals surface area contributed by atoms with E-state index < -0.39 is 11.9 Å². The minimum Gasteiger partial charge on any atom is -0.352 e. The Balaban J connectivity index is 2.53. The molecule has 1 heterocycles. The molecule has 1 rings (SSSR count). The Morgan fingerprint density at radius 1 is 1.31 bits per heavy atom. The van der Waals surface area contributed by atoms with Crippen molar-refractivity contribution in [2.45, 2.75) is 32.9 Å². The van der Waals surface area contributed by atoms with Crippen molar-refractivity contribution in [3.63, 3.8) is 0 Å². The van der Waals surface area contributed by atoms with E-state index in [-0.39, 0.29) is 17.9 Å². The fourth-order valence-corrected chi connectivity index (χ4v) is 1.06. The van der Waals surface area contributed by atoms with Crippen LogP contribution in [-0.4, -0.2) is 28.0 Å². The minimum atomic E-state index is -0.509. The fraction of sp³-hybridized carbons (Fsp3) is 0.500. The Labute approximate surface area is 93.5 Å². The second-order valence-electron chi connectivity index (χ2n) is 3.75. The number of carbonyl (C=O) groups excluding carboxylic acids is 1. The number of aromatic nitrogens is 2. The van der Waals surface area contributed by atoms with Crippen LogP contribution in [0.25, 0.3) is 0 Å². The van der Waals surface area contributed by atoms with Crippen LogP contribution < -0.4 is 10.6 Å². The highest BCUT2D eigenvalue weighted by molar-refractivity contribution is 5.83. The Kier molecular flexibility index (Phi) is 4.16. The van der Waals surface area contributed by atoms with Gasteiger partial charge in [0.2, 0.25) is 11.9 Å². The lowest BCUT2D eigenvalue weighted by Crippen LogP contribution is -2.41. The van der Waals surface area contributed by atoms with Crippen molar-refractivity contribution < 1.29 is 9.18 Å². The number of anilines is 1. The molecule has 0 aromatic carbocycles. The van der Waals surface area contributed by atoms with Crippen LogP contribution in [0.3, 0.4) is 0 Å². The molecule has 0 radical (unpaired) electrons. The molecule has 5 nitrogen and oxygen atoms in total. The van der Waals surface area contributed by atoms with Gasteiger partial charge in [-0.25, -0.2) is 14.4 Å². The quantitative estimate of drug-likeness (QED) is 0.801. The highest BCUT2D eigenvalue weighted by Gasteiger charge is 2.14. The van der Waals surface area contributed by atoms with Crippen molar-refractivity contribution in [3.05, 3.63) is 18.2 Å². The molecular formula is C10H15FN4O. The molecule has 6 heteroatoms. The second kappa shape index (κ2) is 5.39. The van der Waals surface area contributed by atoms with E-state index in [4.69, 9.17) is 0 Å². The summed E-state index contributed by atoms with van der Waals surface area (Å²) in [6.45, 7) is 5.43. The molecule has 0 spiro atoms. The molecule has 0 bridgehead atoms. The fourth-order valence-electron chi connectivity index (χ4n) is 1.06. The van der Waals surface area contributed by atoms with Gasteiger partial charge in [-0.2, -0.15) is 0 Å². The van der Waals surface area contributed by atoms with Crippen LogP contribution in [0.2, 0.25) is 0 Å². The maximum Gasteiger partial charge on any atom is 0.242 e. The maximum absolute atomic E-state index is 12.5. The van der Waals surface area contributed by atoms with Crippen LogP contribution in [-0.2, 0) is 4.79 Å². The van der Waals surface area contributed by atoms with Crippen LogP contribution in [0.4, 0.5) is 10.3 Å². The molecule has 0 saturated carbocycles. The van der Waals surface area contributed by atoms with Crippen LogP contribution in [0, 0.1) is 5.82 Å². The van der Waals surface area contributed by atoms with Gasteiger partial charge >= 0.3 is 0 Å². The molecule has 0 aliphatic carbocycles. The zero-order chi connectivity index (χ0) is 12.1. The predicted octanol–water partition coefficient (Wildman–Crippen LogP) is 0.941. The van der Waals surface area contributed by atoms with Crippen molar-refractivity contribution >= 4 is 11.9 Å². The molecule has 2 N–H and O–H groups in total. The summed E-state index contributed by atoms with van der Waals surface area (Å²) in [6, 6.07) is -0.390. The zero-order valence-corrected chi connectivity index (χ0v) is 9.49. The third-order valence-electron chi connectivity index (χ3n) is 1.79. The first-order valence-corrected chi connectivity index (χ1v) is 5.03. The van der Waals surface area contributed by atoms with E-state index in [0.29, 0.717) is 0 Å². The summed E-state index contributed by atoms with van der Waals surface area (Å²) in [5.74, 6) is -0.430. The lowest BCUT2D eigenvalue weighted by atomic mass is 10.3. The van der Waals surface area contributed by atoms with E-state index in [1.54, 1.807) is 6.92 Å². The average Bonchev–Trinajstić information content (AvgIpc) is 2.20. The smallest absolute Gasteiger partial charge is 0.242 e. The average molecular weight is 226 g/mol. The predicted molar refractivity (Wildman–Crippen MR) is 58.4 cm³/mol. The Bertz CT molecular complexity index is 352. The van der Waals surface area contributed by atoms with Crippen LogP contribution in [0.15, 0.2) is 12.4 Å². The lowest BCUT2D eigenvalue weighted by molar-refractivity contribution is -0.122. The normalized spacial score (nSPS) is 12.3.